The maximum atomic E-state index is 2.62. The van der Waals surface area contributed by atoms with Crippen molar-refractivity contribution < 1.29 is 0 Å². The molecular formula is C20H40N2. The van der Waals surface area contributed by atoms with Crippen LogP contribution in [0.3, 0.4) is 0 Å². The summed E-state index contributed by atoms with van der Waals surface area (Å²) in [6.45, 7) is 9.38. The molecule has 0 fully saturated rings. The van der Waals surface area contributed by atoms with E-state index in [9.17, 15) is 0 Å². The second-order valence-corrected chi connectivity index (χ2v) is 6.87. The Morgan fingerprint density at radius 2 is 1.05 bits per heavy atom. The second-order valence-electron chi connectivity index (χ2n) is 6.87. The van der Waals surface area contributed by atoms with Gasteiger partial charge in [0.2, 0.25) is 0 Å². The molecule has 0 aromatic rings. The molecule has 0 saturated heterocycles. The van der Waals surface area contributed by atoms with E-state index in [-0.39, 0.29) is 0 Å². The number of nitrogens with zero attached hydrogens (tertiary/aromatic N) is 2. The van der Waals surface area contributed by atoms with Crippen LogP contribution in [0.15, 0.2) is 12.4 Å². The molecule has 2 nitrogen and oxygen atoms in total. The molecule has 0 bridgehead atoms. The first-order chi connectivity index (χ1) is 10.8. The number of hydrogen-bond acceptors (Lipinski definition) is 2. The van der Waals surface area contributed by atoms with Gasteiger partial charge in [-0.25, -0.2) is 0 Å². The highest BCUT2D eigenvalue weighted by Gasteiger charge is 2.24. The van der Waals surface area contributed by atoms with E-state index >= 15 is 0 Å². The van der Waals surface area contributed by atoms with Crippen LogP contribution in [-0.2, 0) is 0 Å². The molecule has 130 valence electrons. The number of rotatable bonds is 14. The van der Waals surface area contributed by atoms with E-state index in [0.717, 1.165) is 0 Å². The SMILES string of the molecule is CCCCCCC1N(CCCCC)C=CN1CCCCCC. The fraction of sp³-hybridized carbons (Fsp3) is 0.900. The number of unbranched alkanes of at least 4 members (excludes halogenated alkanes) is 8. The fourth-order valence-corrected chi connectivity index (χ4v) is 3.36. The van der Waals surface area contributed by atoms with Crippen LogP contribution in [-0.4, -0.2) is 29.1 Å². The molecule has 0 saturated carbocycles. The Hall–Kier alpha value is -0.660. The summed E-state index contributed by atoms with van der Waals surface area (Å²) in [5.41, 5.74) is 0. The highest BCUT2D eigenvalue weighted by Crippen LogP contribution is 2.23. The van der Waals surface area contributed by atoms with Gasteiger partial charge in [-0.15, -0.1) is 0 Å². The minimum Gasteiger partial charge on any atom is -0.356 e. The first-order valence-electron chi connectivity index (χ1n) is 10.0. The maximum absolute atomic E-state index is 2.62. The minimum absolute atomic E-state index is 0.648. The molecule has 0 aromatic heterocycles. The highest BCUT2D eigenvalue weighted by atomic mass is 15.4. The topological polar surface area (TPSA) is 6.48 Å². The van der Waals surface area contributed by atoms with E-state index in [1.165, 1.54) is 90.1 Å². The zero-order chi connectivity index (χ0) is 16.0. The molecule has 1 aliphatic rings. The lowest BCUT2D eigenvalue weighted by Gasteiger charge is -2.33. The predicted molar refractivity (Wildman–Crippen MR) is 98.8 cm³/mol. The molecule has 0 N–H and O–H groups in total. The smallest absolute Gasteiger partial charge is 0.101 e. The summed E-state index contributed by atoms with van der Waals surface area (Å²) in [5, 5.41) is 0. The average molecular weight is 309 g/mol. The van der Waals surface area contributed by atoms with Crippen molar-refractivity contribution in [2.75, 3.05) is 13.1 Å². The van der Waals surface area contributed by atoms with Gasteiger partial charge in [-0.3, -0.25) is 0 Å². The van der Waals surface area contributed by atoms with E-state index in [0.29, 0.717) is 6.17 Å². The predicted octanol–water partition coefficient (Wildman–Crippen LogP) is 6.14. The van der Waals surface area contributed by atoms with E-state index < -0.39 is 0 Å². The Balaban J connectivity index is 2.37. The standard InChI is InChI=1S/C20H40N2/c1-4-7-10-12-15-20-21(16-13-9-6-3)18-19-22(20)17-14-11-8-5-2/h18-20H,4-17H2,1-3H3. The summed E-state index contributed by atoms with van der Waals surface area (Å²) in [6.07, 6.45) is 21.7. The first-order valence-corrected chi connectivity index (χ1v) is 10.0. The van der Waals surface area contributed by atoms with Crippen molar-refractivity contribution in [3.05, 3.63) is 12.4 Å². The molecule has 22 heavy (non-hydrogen) atoms. The largest absolute Gasteiger partial charge is 0.356 e. The molecule has 2 heteroatoms. The van der Waals surface area contributed by atoms with Gasteiger partial charge in [-0.2, -0.15) is 0 Å². The van der Waals surface area contributed by atoms with Crippen LogP contribution in [0.1, 0.15) is 97.8 Å². The quantitative estimate of drug-likeness (QED) is 0.355. The van der Waals surface area contributed by atoms with Crippen molar-refractivity contribution in [2.45, 2.75) is 104 Å². The molecule has 0 aliphatic carbocycles. The van der Waals surface area contributed by atoms with Gasteiger partial charge in [-0.1, -0.05) is 72.1 Å². The van der Waals surface area contributed by atoms with Gasteiger partial charge in [0, 0.05) is 25.5 Å². The van der Waals surface area contributed by atoms with Crippen molar-refractivity contribution >= 4 is 0 Å². The average Bonchev–Trinajstić information content (AvgIpc) is 2.91. The Morgan fingerprint density at radius 1 is 0.591 bits per heavy atom. The van der Waals surface area contributed by atoms with Crippen LogP contribution in [0, 0.1) is 0 Å². The van der Waals surface area contributed by atoms with Crippen molar-refractivity contribution in [3.8, 4) is 0 Å². The Kier molecular flexibility index (Phi) is 11.3. The third-order valence-corrected chi connectivity index (χ3v) is 4.82. The minimum atomic E-state index is 0.648. The lowest BCUT2D eigenvalue weighted by Crippen LogP contribution is -2.39. The van der Waals surface area contributed by atoms with Gasteiger partial charge in [-0.05, 0) is 25.7 Å². The van der Waals surface area contributed by atoms with Crippen molar-refractivity contribution in [1.29, 1.82) is 0 Å². The second kappa shape index (κ2) is 12.8. The van der Waals surface area contributed by atoms with E-state index in [1.54, 1.807) is 0 Å². The summed E-state index contributed by atoms with van der Waals surface area (Å²) in [5.74, 6) is 0. The zero-order valence-electron chi connectivity index (χ0n) is 15.5. The molecule has 0 amide bonds. The molecular weight excluding hydrogens is 268 g/mol. The Morgan fingerprint density at radius 3 is 1.59 bits per heavy atom. The fourth-order valence-electron chi connectivity index (χ4n) is 3.36. The van der Waals surface area contributed by atoms with Crippen molar-refractivity contribution in [3.63, 3.8) is 0 Å². The summed E-state index contributed by atoms with van der Waals surface area (Å²) in [6, 6.07) is 0. The van der Waals surface area contributed by atoms with Gasteiger partial charge in [0.15, 0.2) is 0 Å². The summed E-state index contributed by atoms with van der Waals surface area (Å²) >= 11 is 0. The summed E-state index contributed by atoms with van der Waals surface area (Å²) < 4.78 is 0. The maximum Gasteiger partial charge on any atom is 0.101 e. The van der Waals surface area contributed by atoms with Gasteiger partial charge in [0.1, 0.15) is 6.17 Å². The van der Waals surface area contributed by atoms with Crippen LogP contribution < -0.4 is 0 Å². The monoisotopic (exact) mass is 308 g/mol. The van der Waals surface area contributed by atoms with Crippen LogP contribution >= 0.6 is 0 Å². The lowest BCUT2D eigenvalue weighted by molar-refractivity contribution is 0.136. The first kappa shape index (κ1) is 19.4. The van der Waals surface area contributed by atoms with E-state index in [4.69, 9.17) is 0 Å². The Bertz CT molecular complexity index is 275. The van der Waals surface area contributed by atoms with Crippen molar-refractivity contribution in [2.24, 2.45) is 0 Å². The van der Waals surface area contributed by atoms with Gasteiger partial charge >= 0.3 is 0 Å². The van der Waals surface area contributed by atoms with Gasteiger partial charge in [0.05, 0.1) is 0 Å². The van der Waals surface area contributed by atoms with Crippen LogP contribution in [0.5, 0.6) is 0 Å². The molecule has 0 spiro atoms. The normalized spacial score (nSPS) is 17.7. The third kappa shape index (κ3) is 7.56. The summed E-state index contributed by atoms with van der Waals surface area (Å²) in [4.78, 5) is 5.23. The molecule has 1 aliphatic heterocycles. The van der Waals surface area contributed by atoms with E-state index in [2.05, 4.69) is 43.0 Å². The van der Waals surface area contributed by atoms with Crippen LogP contribution in [0.4, 0.5) is 0 Å². The van der Waals surface area contributed by atoms with Crippen LogP contribution in [0.25, 0.3) is 0 Å². The van der Waals surface area contributed by atoms with Crippen LogP contribution in [0.2, 0.25) is 0 Å². The molecule has 1 atom stereocenters. The Labute approximate surface area is 139 Å². The lowest BCUT2D eigenvalue weighted by atomic mass is 10.1. The van der Waals surface area contributed by atoms with Gasteiger partial charge < -0.3 is 9.80 Å². The zero-order valence-corrected chi connectivity index (χ0v) is 15.5. The molecule has 0 aromatic carbocycles. The highest BCUT2D eigenvalue weighted by molar-refractivity contribution is 4.96. The molecule has 1 heterocycles. The molecule has 0 radical (unpaired) electrons. The number of hydrogen-bond donors (Lipinski definition) is 0. The third-order valence-electron chi connectivity index (χ3n) is 4.82. The van der Waals surface area contributed by atoms with Crippen molar-refractivity contribution in [1.82, 2.24) is 9.80 Å². The summed E-state index contributed by atoms with van der Waals surface area (Å²) in [7, 11) is 0. The van der Waals surface area contributed by atoms with E-state index in [1.807, 2.05) is 0 Å². The van der Waals surface area contributed by atoms with Gasteiger partial charge in [0.25, 0.3) is 0 Å². The molecule has 1 rings (SSSR count). The molecule has 1 unspecified atom stereocenters.